The summed E-state index contributed by atoms with van der Waals surface area (Å²) in [6.45, 7) is 6.63. The van der Waals surface area contributed by atoms with Gasteiger partial charge in [-0.3, -0.25) is 4.79 Å². The van der Waals surface area contributed by atoms with E-state index in [9.17, 15) is 9.59 Å². The summed E-state index contributed by atoms with van der Waals surface area (Å²) in [7, 11) is 0. The van der Waals surface area contributed by atoms with Crippen molar-refractivity contribution in [2.75, 3.05) is 6.54 Å². The van der Waals surface area contributed by atoms with E-state index < -0.39 is 5.97 Å². The van der Waals surface area contributed by atoms with Crippen LogP contribution in [-0.2, 0) is 4.79 Å². The fourth-order valence-electron chi connectivity index (χ4n) is 2.80. The van der Waals surface area contributed by atoms with Gasteiger partial charge in [-0.15, -0.1) is 0 Å². The van der Waals surface area contributed by atoms with Crippen molar-refractivity contribution in [3.63, 3.8) is 0 Å². The number of carboxylic acid groups (broad SMARTS) is 1. The van der Waals surface area contributed by atoms with E-state index in [1.807, 2.05) is 6.92 Å². The summed E-state index contributed by atoms with van der Waals surface area (Å²) < 4.78 is 0. The molecule has 0 aromatic carbocycles. The zero-order valence-electron chi connectivity index (χ0n) is 13.6. The maximum atomic E-state index is 11.8. The molecule has 122 valence electrons. The first-order valence-electron chi connectivity index (χ1n) is 8.16. The van der Waals surface area contributed by atoms with Crippen LogP contribution < -0.4 is 10.6 Å². The number of carboxylic acids is 1. The molecule has 2 amide bonds. The van der Waals surface area contributed by atoms with Crippen molar-refractivity contribution in [3.05, 3.63) is 0 Å². The summed E-state index contributed by atoms with van der Waals surface area (Å²) >= 11 is 0. The van der Waals surface area contributed by atoms with E-state index >= 15 is 0 Å². The minimum absolute atomic E-state index is 0.0740. The third-order valence-corrected chi connectivity index (χ3v) is 4.86. The van der Waals surface area contributed by atoms with Gasteiger partial charge in [-0.1, -0.05) is 26.7 Å². The van der Waals surface area contributed by atoms with E-state index in [1.54, 1.807) is 6.92 Å². The molecule has 5 heteroatoms. The van der Waals surface area contributed by atoms with Gasteiger partial charge in [0.05, 0.1) is 5.92 Å². The quantitative estimate of drug-likeness (QED) is 0.612. The fourth-order valence-corrected chi connectivity index (χ4v) is 2.80. The van der Waals surface area contributed by atoms with Crippen molar-refractivity contribution in [2.45, 2.75) is 71.8 Å². The van der Waals surface area contributed by atoms with E-state index in [1.165, 1.54) is 19.3 Å². The highest BCUT2D eigenvalue weighted by molar-refractivity contribution is 5.74. The lowest BCUT2D eigenvalue weighted by Crippen LogP contribution is -2.47. The first-order valence-corrected chi connectivity index (χ1v) is 8.16. The molecule has 0 saturated heterocycles. The molecule has 0 bridgehead atoms. The van der Waals surface area contributed by atoms with E-state index in [-0.39, 0.29) is 18.0 Å². The Bertz CT molecular complexity index is 348. The second kappa shape index (κ2) is 8.25. The van der Waals surface area contributed by atoms with Gasteiger partial charge in [0.1, 0.15) is 0 Å². The minimum atomic E-state index is -0.751. The normalized spacial score (nSPS) is 19.2. The summed E-state index contributed by atoms with van der Waals surface area (Å²) in [6.07, 6.45) is 7.10. The van der Waals surface area contributed by atoms with Crippen LogP contribution in [-0.4, -0.2) is 29.7 Å². The molecule has 1 fully saturated rings. The van der Waals surface area contributed by atoms with Gasteiger partial charge < -0.3 is 15.7 Å². The van der Waals surface area contributed by atoms with Gasteiger partial charge in [0.15, 0.2) is 0 Å². The predicted molar refractivity (Wildman–Crippen MR) is 83.2 cm³/mol. The molecule has 1 aliphatic rings. The first-order chi connectivity index (χ1) is 9.88. The van der Waals surface area contributed by atoms with E-state index in [4.69, 9.17) is 5.11 Å². The Balaban J connectivity index is 2.14. The number of urea groups is 1. The summed E-state index contributed by atoms with van der Waals surface area (Å²) in [5.41, 5.74) is 0.331. The second-order valence-corrected chi connectivity index (χ2v) is 6.61. The molecule has 2 atom stereocenters. The summed E-state index contributed by atoms with van der Waals surface area (Å²) in [5, 5.41) is 14.7. The lowest BCUT2D eigenvalue weighted by atomic mass is 9.67. The molecule has 0 aromatic heterocycles. The molecule has 21 heavy (non-hydrogen) atoms. The van der Waals surface area contributed by atoms with Crippen LogP contribution >= 0.6 is 0 Å². The number of nitrogens with one attached hydrogen (secondary N) is 2. The third kappa shape index (κ3) is 5.94. The number of hydrogen-bond donors (Lipinski definition) is 3. The van der Waals surface area contributed by atoms with Crippen molar-refractivity contribution in [1.29, 1.82) is 0 Å². The van der Waals surface area contributed by atoms with E-state index in [2.05, 4.69) is 17.6 Å². The largest absolute Gasteiger partial charge is 0.481 e. The first kappa shape index (κ1) is 17.8. The van der Waals surface area contributed by atoms with Gasteiger partial charge >= 0.3 is 12.0 Å². The Labute approximate surface area is 127 Å². The molecule has 1 rings (SSSR count). The van der Waals surface area contributed by atoms with E-state index in [0.717, 1.165) is 25.8 Å². The topological polar surface area (TPSA) is 78.4 Å². The molecule has 0 radical (unpaired) electrons. The van der Waals surface area contributed by atoms with Crippen LogP contribution in [0.1, 0.15) is 65.7 Å². The van der Waals surface area contributed by atoms with Crippen LogP contribution in [0.5, 0.6) is 0 Å². The minimum Gasteiger partial charge on any atom is -0.481 e. The number of carbonyl (C=O) groups excluding carboxylic acids is 1. The number of carbonyl (C=O) groups is 2. The Hall–Kier alpha value is -1.26. The highest BCUT2D eigenvalue weighted by Gasteiger charge is 2.35. The average molecular weight is 298 g/mol. The summed E-state index contributed by atoms with van der Waals surface area (Å²) in [5.74, 6) is -1.06. The Morgan fingerprint density at radius 3 is 2.38 bits per heavy atom. The summed E-state index contributed by atoms with van der Waals surface area (Å²) in [6, 6.07) is -0.0292. The monoisotopic (exact) mass is 298 g/mol. The van der Waals surface area contributed by atoms with Crippen LogP contribution in [0.25, 0.3) is 0 Å². The van der Waals surface area contributed by atoms with Crippen LogP contribution in [0.15, 0.2) is 0 Å². The molecule has 0 aromatic rings. The SMILES string of the molecule is CCC1(CNC(=O)NC(C)CCCC(C)C(=O)O)CCC1. The number of amides is 2. The molecule has 0 spiro atoms. The maximum Gasteiger partial charge on any atom is 0.315 e. The van der Waals surface area contributed by atoms with Crippen molar-refractivity contribution in [1.82, 2.24) is 10.6 Å². The van der Waals surface area contributed by atoms with Crippen molar-refractivity contribution >= 4 is 12.0 Å². The Kier molecular flexibility index (Phi) is 6.99. The van der Waals surface area contributed by atoms with Gasteiger partial charge in [-0.05, 0) is 44.4 Å². The van der Waals surface area contributed by atoms with Gasteiger partial charge in [-0.25, -0.2) is 4.79 Å². The smallest absolute Gasteiger partial charge is 0.315 e. The Morgan fingerprint density at radius 2 is 1.90 bits per heavy atom. The summed E-state index contributed by atoms with van der Waals surface area (Å²) in [4.78, 5) is 22.6. The molecule has 3 N–H and O–H groups in total. The zero-order valence-corrected chi connectivity index (χ0v) is 13.6. The highest BCUT2D eigenvalue weighted by Crippen LogP contribution is 2.42. The molecule has 0 heterocycles. The second-order valence-electron chi connectivity index (χ2n) is 6.61. The number of rotatable bonds is 9. The predicted octanol–water partition coefficient (Wildman–Crippen LogP) is 3.15. The van der Waals surface area contributed by atoms with Gasteiger partial charge in [0.2, 0.25) is 0 Å². The molecule has 2 unspecified atom stereocenters. The molecule has 5 nitrogen and oxygen atoms in total. The maximum absolute atomic E-state index is 11.8. The van der Waals surface area contributed by atoms with Crippen molar-refractivity contribution in [2.24, 2.45) is 11.3 Å². The molecule has 1 saturated carbocycles. The average Bonchev–Trinajstić information content (AvgIpc) is 2.37. The van der Waals surface area contributed by atoms with Gasteiger partial charge in [0, 0.05) is 12.6 Å². The molecule has 0 aliphatic heterocycles. The van der Waals surface area contributed by atoms with E-state index in [0.29, 0.717) is 11.8 Å². The molecular formula is C16H30N2O3. The molecule has 1 aliphatic carbocycles. The van der Waals surface area contributed by atoms with Crippen LogP contribution in [0, 0.1) is 11.3 Å². The fraction of sp³-hybridized carbons (Fsp3) is 0.875. The Morgan fingerprint density at radius 1 is 1.24 bits per heavy atom. The van der Waals surface area contributed by atoms with Crippen molar-refractivity contribution < 1.29 is 14.7 Å². The highest BCUT2D eigenvalue weighted by atomic mass is 16.4. The van der Waals surface area contributed by atoms with Gasteiger partial charge in [-0.2, -0.15) is 0 Å². The standard InChI is InChI=1S/C16H30N2O3/c1-4-16(9-6-10-16)11-17-15(21)18-13(3)8-5-7-12(2)14(19)20/h12-13H,4-11H2,1-3H3,(H,19,20)(H2,17,18,21). The zero-order chi connectivity index (χ0) is 15.9. The lowest BCUT2D eigenvalue weighted by molar-refractivity contribution is -0.141. The molecular weight excluding hydrogens is 268 g/mol. The number of aliphatic carboxylic acids is 1. The van der Waals surface area contributed by atoms with Gasteiger partial charge in [0.25, 0.3) is 0 Å². The lowest BCUT2D eigenvalue weighted by Gasteiger charge is -2.41. The van der Waals surface area contributed by atoms with Crippen LogP contribution in [0.2, 0.25) is 0 Å². The van der Waals surface area contributed by atoms with Crippen LogP contribution in [0.3, 0.4) is 0 Å². The third-order valence-electron chi connectivity index (χ3n) is 4.86. The van der Waals surface area contributed by atoms with Crippen molar-refractivity contribution in [3.8, 4) is 0 Å². The number of hydrogen-bond acceptors (Lipinski definition) is 2. The van der Waals surface area contributed by atoms with Crippen LogP contribution in [0.4, 0.5) is 4.79 Å².